The highest BCUT2D eigenvalue weighted by atomic mass is 16.6. The molecule has 1 aromatic carbocycles. The molecule has 3 saturated heterocycles. The highest BCUT2D eigenvalue weighted by Crippen LogP contribution is 2.39. The molecule has 0 aromatic heterocycles. The van der Waals surface area contributed by atoms with Crippen LogP contribution < -0.4 is 9.84 Å². The molecule has 26 heavy (non-hydrogen) atoms. The van der Waals surface area contributed by atoms with Gasteiger partial charge in [0.15, 0.2) is 6.42 Å². The molecule has 4 rings (SSSR count). The number of fused-ring (bicyclic) bond motifs is 3. The van der Waals surface area contributed by atoms with E-state index in [2.05, 4.69) is 4.90 Å². The number of benzene rings is 1. The molecule has 0 saturated carbocycles. The maximum atomic E-state index is 13.0. The Kier molecular flexibility index (Phi) is 5.06. The lowest BCUT2D eigenvalue weighted by molar-refractivity contribution is -0.995. The third-order valence-electron chi connectivity index (χ3n) is 5.54. The number of hydrogen-bond donors (Lipinski definition) is 0. The van der Waals surface area contributed by atoms with Crippen molar-refractivity contribution < 1.29 is 33.4 Å². The molecule has 0 amide bonds. The summed E-state index contributed by atoms with van der Waals surface area (Å²) in [6.07, 6.45) is -0.315. The Hall–Kier alpha value is -2.32. The molecule has 2 bridgehead atoms. The van der Waals surface area contributed by atoms with Crippen LogP contribution in [0.4, 0.5) is 0 Å². The first-order chi connectivity index (χ1) is 12.5. The zero-order valence-electron chi connectivity index (χ0n) is 15.1. The average Bonchev–Trinajstić information content (AvgIpc) is 2.69. The number of quaternary nitrogens is 1. The first-order valence-electron chi connectivity index (χ1n) is 8.65. The van der Waals surface area contributed by atoms with Crippen molar-refractivity contribution in [1.29, 1.82) is 0 Å². The largest absolute Gasteiger partial charge is 0.870 e. The van der Waals surface area contributed by atoms with Gasteiger partial charge in [0.05, 0.1) is 33.9 Å². The highest BCUT2D eigenvalue weighted by molar-refractivity contribution is 5.84. The Bertz CT molecular complexity index is 672. The summed E-state index contributed by atoms with van der Waals surface area (Å²) in [5.74, 6) is -1.57. The number of carbonyl (C=O) groups is 2. The summed E-state index contributed by atoms with van der Waals surface area (Å²) < 4.78 is 16.2. The number of rotatable bonds is 6. The smallest absolute Gasteiger partial charge is 0.411 e. The van der Waals surface area contributed by atoms with Crippen LogP contribution in [0, 0.1) is 0 Å². The SMILES string of the molecule is COC(=O)CC(Oc1ccccc1[O-])(C(=O)OC)[N+]12CCN(CC1)CC2. The molecule has 0 N–H and O–H groups in total. The Morgan fingerprint density at radius 2 is 1.73 bits per heavy atom. The molecule has 142 valence electrons. The average molecular weight is 364 g/mol. The number of methoxy groups -OCH3 is 2. The van der Waals surface area contributed by atoms with E-state index in [1.807, 2.05) is 0 Å². The van der Waals surface area contributed by atoms with Crippen molar-refractivity contribution in [2.45, 2.75) is 12.1 Å². The summed E-state index contributed by atoms with van der Waals surface area (Å²) in [6.45, 7) is 4.28. The highest BCUT2D eigenvalue weighted by Gasteiger charge is 2.64. The fourth-order valence-corrected chi connectivity index (χ4v) is 3.96. The van der Waals surface area contributed by atoms with E-state index < -0.39 is 17.7 Å². The topological polar surface area (TPSA) is 88.1 Å². The molecule has 3 aliphatic heterocycles. The molecule has 3 heterocycles. The Morgan fingerprint density at radius 3 is 2.27 bits per heavy atom. The monoisotopic (exact) mass is 364 g/mol. The van der Waals surface area contributed by atoms with Gasteiger partial charge in [-0.1, -0.05) is 23.9 Å². The van der Waals surface area contributed by atoms with Gasteiger partial charge in [0.1, 0.15) is 5.75 Å². The molecule has 0 spiro atoms. The maximum Gasteiger partial charge on any atom is 0.411 e. The molecular formula is C18H24N2O6. The summed E-state index contributed by atoms with van der Waals surface area (Å²) >= 11 is 0. The summed E-state index contributed by atoms with van der Waals surface area (Å²) in [7, 11) is 2.53. The number of ether oxygens (including phenoxy) is 3. The summed E-state index contributed by atoms with van der Waals surface area (Å²) in [5, 5.41) is 12.2. The lowest BCUT2D eigenvalue weighted by atomic mass is 9.97. The maximum absolute atomic E-state index is 13.0. The Morgan fingerprint density at radius 1 is 1.12 bits per heavy atom. The predicted octanol–water partition coefficient (Wildman–Crippen LogP) is -0.283. The molecule has 1 atom stereocenters. The third kappa shape index (κ3) is 2.99. The Balaban J connectivity index is 2.10. The van der Waals surface area contributed by atoms with Crippen molar-refractivity contribution in [3.63, 3.8) is 0 Å². The number of esters is 2. The van der Waals surface area contributed by atoms with Crippen LogP contribution in [0.1, 0.15) is 6.42 Å². The van der Waals surface area contributed by atoms with Gasteiger partial charge in [0.2, 0.25) is 0 Å². The van der Waals surface area contributed by atoms with Gasteiger partial charge >= 0.3 is 17.7 Å². The number of para-hydroxylation sites is 2. The molecule has 3 fully saturated rings. The van der Waals surface area contributed by atoms with Gasteiger partial charge in [0.25, 0.3) is 0 Å². The zero-order chi connectivity index (χ0) is 18.8. The van der Waals surface area contributed by atoms with Gasteiger partial charge in [-0.05, 0) is 6.07 Å². The fourth-order valence-electron chi connectivity index (χ4n) is 3.96. The summed E-state index contributed by atoms with van der Waals surface area (Å²) in [4.78, 5) is 27.5. The fraction of sp³-hybridized carbons (Fsp3) is 0.556. The zero-order valence-corrected chi connectivity index (χ0v) is 15.1. The van der Waals surface area contributed by atoms with Gasteiger partial charge in [0, 0.05) is 19.6 Å². The van der Waals surface area contributed by atoms with Crippen molar-refractivity contribution in [2.24, 2.45) is 0 Å². The number of carbonyl (C=O) groups excluding carboxylic acids is 2. The lowest BCUT2D eigenvalue weighted by Gasteiger charge is -2.57. The van der Waals surface area contributed by atoms with Crippen LogP contribution >= 0.6 is 0 Å². The normalized spacial score (nSPS) is 26.6. The van der Waals surface area contributed by atoms with E-state index in [4.69, 9.17) is 14.2 Å². The van der Waals surface area contributed by atoms with Gasteiger partial charge in [-0.3, -0.25) is 14.2 Å². The first-order valence-corrected chi connectivity index (χ1v) is 8.65. The molecule has 0 aliphatic carbocycles. The van der Waals surface area contributed by atoms with E-state index in [9.17, 15) is 14.7 Å². The van der Waals surface area contributed by atoms with E-state index in [1.165, 1.54) is 26.4 Å². The van der Waals surface area contributed by atoms with E-state index >= 15 is 0 Å². The molecule has 0 radical (unpaired) electrons. The van der Waals surface area contributed by atoms with Crippen LogP contribution in [0.2, 0.25) is 0 Å². The summed E-state index contributed by atoms with van der Waals surface area (Å²) in [6, 6.07) is 6.13. The van der Waals surface area contributed by atoms with Crippen molar-refractivity contribution in [2.75, 3.05) is 53.5 Å². The van der Waals surface area contributed by atoms with Crippen molar-refractivity contribution >= 4 is 11.9 Å². The van der Waals surface area contributed by atoms with Gasteiger partial charge in [-0.2, -0.15) is 0 Å². The summed E-state index contributed by atoms with van der Waals surface area (Å²) in [5.41, 5.74) is -1.64. The lowest BCUT2D eigenvalue weighted by Crippen LogP contribution is -2.80. The minimum Gasteiger partial charge on any atom is -0.870 e. The van der Waals surface area contributed by atoms with Crippen molar-refractivity contribution in [3.8, 4) is 11.5 Å². The molecule has 1 unspecified atom stereocenters. The van der Waals surface area contributed by atoms with E-state index in [-0.39, 0.29) is 22.4 Å². The number of piperazine rings is 3. The first kappa shape index (κ1) is 18.5. The van der Waals surface area contributed by atoms with E-state index in [0.717, 1.165) is 19.6 Å². The number of nitrogens with zero attached hydrogens (tertiary/aromatic N) is 2. The van der Waals surface area contributed by atoms with Crippen molar-refractivity contribution in [3.05, 3.63) is 24.3 Å². The van der Waals surface area contributed by atoms with Gasteiger partial charge < -0.3 is 19.3 Å². The predicted molar refractivity (Wildman–Crippen MR) is 89.2 cm³/mol. The van der Waals surface area contributed by atoms with Gasteiger partial charge in [-0.15, -0.1) is 0 Å². The minimum atomic E-state index is -1.64. The van der Waals surface area contributed by atoms with Crippen LogP contribution in [0.25, 0.3) is 0 Å². The third-order valence-corrected chi connectivity index (χ3v) is 5.54. The van der Waals surface area contributed by atoms with E-state index in [1.54, 1.807) is 12.1 Å². The van der Waals surface area contributed by atoms with Crippen molar-refractivity contribution in [1.82, 2.24) is 4.90 Å². The van der Waals surface area contributed by atoms with Crippen LogP contribution in [0.5, 0.6) is 11.5 Å². The quantitative estimate of drug-likeness (QED) is 0.507. The molecular weight excluding hydrogens is 340 g/mol. The Labute approximate surface area is 152 Å². The van der Waals surface area contributed by atoms with Crippen LogP contribution in [0.3, 0.4) is 0 Å². The standard InChI is InChI=1S/C18H24N2O6/c1-24-16(22)13-18(17(23)25-2,26-15-6-4-3-5-14(15)21)20-10-7-19(8-11-20)9-12-20/h3-6H,7-13H2,1-2H3. The van der Waals surface area contributed by atoms with Crippen LogP contribution in [0.15, 0.2) is 24.3 Å². The van der Waals surface area contributed by atoms with E-state index in [0.29, 0.717) is 19.6 Å². The van der Waals surface area contributed by atoms with Crippen LogP contribution in [-0.2, 0) is 19.1 Å². The van der Waals surface area contributed by atoms with Crippen LogP contribution in [-0.4, -0.2) is 80.5 Å². The molecule has 1 aromatic rings. The second-order valence-corrected chi connectivity index (χ2v) is 6.74. The van der Waals surface area contributed by atoms with Gasteiger partial charge in [-0.25, -0.2) is 4.79 Å². The minimum absolute atomic E-state index is 0.0299. The molecule has 8 nitrogen and oxygen atoms in total. The number of hydrogen-bond acceptors (Lipinski definition) is 7. The molecule has 8 heteroatoms. The second-order valence-electron chi connectivity index (χ2n) is 6.74. The molecule has 3 aliphatic rings. The second kappa shape index (κ2) is 7.13.